The molecule has 1 N–H and O–H groups in total. The highest BCUT2D eigenvalue weighted by Gasteiger charge is 2.26. The van der Waals surface area contributed by atoms with Crippen LogP contribution in [0.15, 0.2) is 18.2 Å². The molecule has 0 amide bonds. The van der Waals surface area contributed by atoms with Gasteiger partial charge < -0.3 is 5.11 Å². The van der Waals surface area contributed by atoms with Crippen molar-refractivity contribution in [2.24, 2.45) is 0 Å². The van der Waals surface area contributed by atoms with Gasteiger partial charge in [-0.3, -0.25) is 19.8 Å². The van der Waals surface area contributed by atoms with Crippen LogP contribution in [0, 0.1) is 15.9 Å². The quantitative estimate of drug-likeness (QED) is 0.644. The lowest BCUT2D eigenvalue weighted by atomic mass is 10.1. The Bertz CT molecular complexity index is 544. The molecule has 1 aliphatic rings. The minimum absolute atomic E-state index is 0.0739. The van der Waals surface area contributed by atoms with Crippen LogP contribution in [0.4, 0.5) is 10.1 Å². The van der Waals surface area contributed by atoms with Gasteiger partial charge in [0.15, 0.2) is 0 Å². The molecule has 1 aromatic carbocycles. The van der Waals surface area contributed by atoms with E-state index in [9.17, 15) is 19.3 Å². The van der Waals surface area contributed by atoms with Crippen LogP contribution in [-0.4, -0.2) is 33.5 Å². The normalized spacial score (nSPS) is 15.5. The zero-order chi connectivity index (χ0) is 15.4. The van der Waals surface area contributed by atoms with Crippen LogP contribution in [0.2, 0.25) is 0 Å². The van der Waals surface area contributed by atoms with Crippen LogP contribution < -0.4 is 0 Å². The number of nitrogens with zero attached hydrogens (tertiary/aromatic N) is 2. The summed E-state index contributed by atoms with van der Waals surface area (Å²) in [5, 5.41) is 19.7. The van der Waals surface area contributed by atoms with Gasteiger partial charge in [-0.05, 0) is 12.8 Å². The molecule has 21 heavy (non-hydrogen) atoms. The summed E-state index contributed by atoms with van der Waals surface area (Å²) in [4.78, 5) is 22.6. The van der Waals surface area contributed by atoms with Gasteiger partial charge in [0, 0.05) is 24.2 Å². The maximum atomic E-state index is 14.1. The van der Waals surface area contributed by atoms with Crippen molar-refractivity contribution < 1.29 is 19.2 Å². The number of benzene rings is 1. The first-order valence-corrected chi connectivity index (χ1v) is 6.86. The van der Waals surface area contributed by atoms with E-state index in [0.29, 0.717) is 0 Å². The summed E-state index contributed by atoms with van der Waals surface area (Å²) in [6.07, 6.45) is 3.81. The summed E-state index contributed by atoms with van der Waals surface area (Å²) in [5.41, 5.74) is -0.411. The summed E-state index contributed by atoms with van der Waals surface area (Å²) in [6.45, 7) is -0.114. The first kappa shape index (κ1) is 15.4. The fourth-order valence-corrected chi connectivity index (χ4v) is 2.81. The second kappa shape index (κ2) is 6.62. The van der Waals surface area contributed by atoms with Crippen LogP contribution in [0.1, 0.15) is 31.2 Å². The van der Waals surface area contributed by atoms with Crippen molar-refractivity contribution in [2.45, 2.75) is 38.3 Å². The van der Waals surface area contributed by atoms with Gasteiger partial charge in [-0.2, -0.15) is 4.39 Å². The average molecular weight is 296 g/mol. The van der Waals surface area contributed by atoms with Crippen molar-refractivity contribution in [1.82, 2.24) is 4.90 Å². The predicted octanol–water partition coefficient (Wildman–Crippen LogP) is 2.56. The standard InChI is InChI=1S/C14H17FN2O4/c15-14-10(4-3-7-12(14)17(20)21)8-16(9-13(18)19)11-5-1-2-6-11/h3-4,7,11H,1-2,5-6,8-9H2,(H,18,19). The number of hydrogen-bond donors (Lipinski definition) is 1. The van der Waals surface area contributed by atoms with Crippen molar-refractivity contribution in [2.75, 3.05) is 6.54 Å². The first-order chi connectivity index (χ1) is 9.99. The smallest absolute Gasteiger partial charge is 0.317 e. The minimum atomic E-state index is -0.979. The van der Waals surface area contributed by atoms with E-state index < -0.39 is 22.4 Å². The number of aliphatic carboxylic acids is 1. The Morgan fingerprint density at radius 2 is 2.10 bits per heavy atom. The van der Waals surface area contributed by atoms with E-state index in [2.05, 4.69) is 0 Å². The van der Waals surface area contributed by atoms with E-state index in [-0.39, 0.29) is 24.7 Å². The van der Waals surface area contributed by atoms with Gasteiger partial charge in [0.25, 0.3) is 0 Å². The molecule has 1 fully saturated rings. The Labute approximate surface area is 121 Å². The average Bonchev–Trinajstić information content (AvgIpc) is 2.93. The van der Waals surface area contributed by atoms with Crippen LogP contribution in [0.5, 0.6) is 0 Å². The molecule has 0 radical (unpaired) electrons. The topological polar surface area (TPSA) is 83.7 Å². The summed E-state index contributed by atoms with van der Waals surface area (Å²) in [5.74, 6) is -1.86. The fraction of sp³-hybridized carbons (Fsp3) is 0.500. The summed E-state index contributed by atoms with van der Waals surface area (Å²) < 4.78 is 14.1. The van der Waals surface area contributed by atoms with Gasteiger partial charge in [-0.25, -0.2) is 0 Å². The van der Waals surface area contributed by atoms with E-state index in [1.807, 2.05) is 0 Å². The monoisotopic (exact) mass is 296 g/mol. The molecule has 0 bridgehead atoms. The molecule has 2 rings (SSSR count). The molecular formula is C14H17FN2O4. The van der Waals surface area contributed by atoms with Gasteiger partial charge >= 0.3 is 11.7 Å². The molecule has 0 unspecified atom stereocenters. The zero-order valence-electron chi connectivity index (χ0n) is 11.5. The second-order valence-corrected chi connectivity index (χ2v) is 5.24. The fourth-order valence-electron chi connectivity index (χ4n) is 2.81. The molecule has 0 atom stereocenters. The Balaban J connectivity index is 2.21. The molecule has 114 valence electrons. The van der Waals surface area contributed by atoms with E-state index in [4.69, 9.17) is 5.11 Å². The van der Waals surface area contributed by atoms with Crippen molar-refractivity contribution in [3.8, 4) is 0 Å². The number of carboxylic acids is 1. The van der Waals surface area contributed by atoms with E-state index in [1.165, 1.54) is 12.1 Å². The predicted molar refractivity (Wildman–Crippen MR) is 73.4 cm³/mol. The number of halogens is 1. The van der Waals surface area contributed by atoms with Crippen LogP contribution in [0.25, 0.3) is 0 Å². The highest BCUT2D eigenvalue weighted by Crippen LogP contribution is 2.27. The van der Waals surface area contributed by atoms with Crippen molar-refractivity contribution in [3.63, 3.8) is 0 Å². The molecule has 0 aromatic heterocycles. The van der Waals surface area contributed by atoms with Crippen LogP contribution in [-0.2, 0) is 11.3 Å². The Kier molecular flexibility index (Phi) is 4.85. The molecule has 1 aliphatic carbocycles. The highest BCUT2D eigenvalue weighted by molar-refractivity contribution is 5.69. The third kappa shape index (κ3) is 3.75. The lowest BCUT2D eigenvalue weighted by Gasteiger charge is -2.27. The van der Waals surface area contributed by atoms with Gasteiger partial charge in [-0.15, -0.1) is 0 Å². The van der Waals surface area contributed by atoms with Crippen molar-refractivity contribution in [3.05, 3.63) is 39.7 Å². The molecule has 6 nitrogen and oxygen atoms in total. The highest BCUT2D eigenvalue weighted by atomic mass is 19.1. The number of carbonyl (C=O) groups is 1. The molecule has 1 aromatic rings. The summed E-state index contributed by atoms with van der Waals surface area (Å²) in [7, 11) is 0. The number of nitro groups is 1. The molecular weight excluding hydrogens is 279 g/mol. The van der Waals surface area contributed by atoms with Gasteiger partial charge in [-0.1, -0.05) is 25.0 Å². The third-order valence-corrected chi connectivity index (χ3v) is 3.81. The lowest BCUT2D eigenvalue weighted by molar-refractivity contribution is -0.387. The SMILES string of the molecule is O=C(O)CN(Cc1cccc([N+](=O)[O-])c1F)C1CCCC1. The van der Waals surface area contributed by atoms with E-state index in [1.54, 1.807) is 4.90 Å². The van der Waals surface area contributed by atoms with E-state index in [0.717, 1.165) is 31.7 Å². The minimum Gasteiger partial charge on any atom is -0.480 e. The van der Waals surface area contributed by atoms with Crippen LogP contribution in [0.3, 0.4) is 0 Å². The summed E-state index contributed by atoms with van der Waals surface area (Å²) >= 11 is 0. The van der Waals surface area contributed by atoms with Gasteiger partial charge in [0.1, 0.15) is 0 Å². The Morgan fingerprint density at radius 3 is 2.67 bits per heavy atom. The molecule has 1 saturated carbocycles. The largest absolute Gasteiger partial charge is 0.480 e. The first-order valence-electron chi connectivity index (χ1n) is 6.86. The molecule has 7 heteroatoms. The molecule has 0 saturated heterocycles. The number of rotatable bonds is 6. The van der Waals surface area contributed by atoms with Crippen molar-refractivity contribution >= 4 is 11.7 Å². The zero-order valence-corrected chi connectivity index (χ0v) is 11.5. The van der Waals surface area contributed by atoms with Crippen LogP contribution >= 0.6 is 0 Å². The maximum absolute atomic E-state index is 14.1. The van der Waals surface area contributed by atoms with Gasteiger partial charge in [0.2, 0.25) is 5.82 Å². The Morgan fingerprint density at radius 1 is 1.43 bits per heavy atom. The number of nitro benzene ring substituents is 1. The second-order valence-electron chi connectivity index (χ2n) is 5.24. The maximum Gasteiger partial charge on any atom is 0.317 e. The molecule has 0 spiro atoms. The molecule has 0 aliphatic heterocycles. The van der Waals surface area contributed by atoms with E-state index >= 15 is 0 Å². The lowest BCUT2D eigenvalue weighted by Crippen LogP contribution is -2.37. The Hall–Kier alpha value is -2.02. The number of carboxylic acid groups (broad SMARTS) is 1. The third-order valence-electron chi connectivity index (χ3n) is 3.81. The van der Waals surface area contributed by atoms with Gasteiger partial charge in [0.05, 0.1) is 11.5 Å². The number of hydrogen-bond acceptors (Lipinski definition) is 4. The summed E-state index contributed by atoms with van der Waals surface area (Å²) in [6, 6.07) is 4.09. The van der Waals surface area contributed by atoms with Crippen molar-refractivity contribution in [1.29, 1.82) is 0 Å². The molecule has 0 heterocycles.